The summed E-state index contributed by atoms with van der Waals surface area (Å²) in [5.41, 5.74) is 17.7. The van der Waals surface area contributed by atoms with E-state index in [1.807, 2.05) is 18.2 Å². The van der Waals surface area contributed by atoms with Gasteiger partial charge in [-0.05, 0) is 77.5 Å². The molecule has 0 radical (unpaired) electrons. The van der Waals surface area contributed by atoms with Crippen LogP contribution in [0.15, 0.2) is 212 Å². The smallest absolute Gasteiger partial charge is 0.164 e. The monoisotopic (exact) mass is 749 g/mol. The molecule has 9 aromatic carbocycles. The lowest BCUT2D eigenvalue weighted by Gasteiger charge is -2.32. The van der Waals surface area contributed by atoms with Crippen molar-refractivity contribution in [1.82, 2.24) is 15.0 Å². The molecule has 2 aliphatic carbocycles. The lowest BCUT2D eigenvalue weighted by molar-refractivity contribution is 0.796. The van der Waals surface area contributed by atoms with E-state index in [0.717, 1.165) is 27.8 Å². The number of nitrogens with zero attached hydrogens (tertiary/aromatic N) is 3. The highest BCUT2D eigenvalue weighted by Crippen LogP contribution is 2.64. The second-order valence-electron chi connectivity index (χ2n) is 15.5. The Balaban J connectivity index is 0.977. The van der Waals surface area contributed by atoms with Crippen LogP contribution in [0.2, 0.25) is 0 Å². The first-order valence-corrected chi connectivity index (χ1v) is 20.2. The molecule has 1 aromatic heterocycles. The molecule has 12 rings (SSSR count). The molecule has 0 unspecified atom stereocenters. The van der Waals surface area contributed by atoms with Crippen molar-refractivity contribution in [2.24, 2.45) is 0 Å². The minimum Gasteiger partial charge on any atom is -0.208 e. The van der Waals surface area contributed by atoms with Gasteiger partial charge in [0.1, 0.15) is 0 Å². The van der Waals surface area contributed by atoms with Gasteiger partial charge in [-0.25, -0.2) is 15.0 Å². The van der Waals surface area contributed by atoms with Crippen molar-refractivity contribution >= 4 is 10.8 Å². The second kappa shape index (κ2) is 13.2. The number of rotatable bonds is 5. The van der Waals surface area contributed by atoms with Gasteiger partial charge < -0.3 is 0 Å². The molecule has 0 saturated carbocycles. The maximum Gasteiger partial charge on any atom is 0.164 e. The first kappa shape index (κ1) is 33.4. The van der Waals surface area contributed by atoms with Gasteiger partial charge in [-0.2, -0.15) is 0 Å². The van der Waals surface area contributed by atoms with Crippen LogP contribution in [0.25, 0.3) is 89.4 Å². The number of aromatic nitrogens is 3. The van der Waals surface area contributed by atoms with Crippen molar-refractivity contribution in [1.29, 1.82) is 0 Å². The van der Waals surface area contributed by atoms with E-state index in [-0.39, 0.29) is 0 Å². The maximum absolute atomic E-state index is 5.12. The zero-order valence-electron chi connectivity index (χ0n) is 32.0. The Morgan fingerprint density at radius 2 is 0.627 bits per heavy atom. The predicted molar refractivity (Wildman–Crippen MR) is 241 cm³/mol. The van der Waals surface area contributed by atoms with E-state index in [1.54, 1.807) is 0 Å². The van der Waals surface area contributed by atoms with Crippen LogP contribution in [0.5, 0.6) is 0 Å². The molecule has 2 aliphatic rings. The van der Waals surface area contributed by atoms with Gasteiger partial charge in [0.05, 0.1) is 5.41 Å². The van der Waals surface area contributed by atoms with E-state index in [2.05, 4.69) is 194 Å². The molecule has 0 N–H and O–H groups in total. The Bertz CT molecular complexity index is 3190. The Morgan fingerprint density at radius 3 is 1.22 bits per heavy atom. The van der Waals surface area contributed by atoms with Gasteiger partial charge in [0, 0.05) is 16.7 Å². The van der Waals surface area contributed by atoms with Gasteiger partial charge in [0.15, 0.2) is 17.5 Å². The van der Waals surface area contributed by atoms with Crippen molar-refractivity contribution in [2.75, 3.05) is 0 Å². The molecule has 3 heteroatoms. The van der Waals surface area contributed by atoms with Crippen molar-refractivity contribution in [3.05, 3.63) is 235 Å². The number of fused-ring (bicyclic) bond motifs is 11. The fourth-order valence-electron chi connectivity index (χ4n) is 9.82. The predicted octanol–water partition coefficient (Wildman–Crippen LogP) is 13.7. The largest absolute Gasteiger partial charge is 0.208 e. The highest BCUT2D eigenvalue weighted by atomic mass is 15.0. The van der Waals surface area contributed by atoms with Crippen LogP contribution in [0.4, 0.5) is 0 Å². The molecule has 274 valence electrons. The van der Waals surface area contributed by atoms with Gasteiger partial charge in [0.25, 0.3) is 0 Å². The summed E-state index contributed by atoms with van der Waals surface area (Å²) < 4.78 is 0. The number of benzene rings is 9. The summed E-state index contributed by atoms with van der Waals surface area (Å²) in [4.78, 5) is 15.2. The molecular weight excluding hydrogens is 715 g/mol. The zero-order valence-corrected chi connectivity index (χ0v) is 32.0. The summed E-state index contributed by atoms with van der Waals surface area (Å²) in [6.07, 6.45) is 0. The highest BCUT2D eigenvalue weighted by Gasteiger charge is 2.52. The summed E-state index contributed by atoms with van der Waals surface area (Å²) >= 11 is 0. The van der Waals surface area contributed by atoms with E-state index in [4.69, 9.17) is 15.0 Å². The van der Waals surface area contributed by atoms with Crippen LogP contribution >= 0.6 is 0 Å². The average Bonchev–Trinajstić information content (AvgIpc) is 3.79. The maximum atomic E-state index is 5.12. The fraction of sp³-hybridized carbons (Fsp3) is 0.0179. The van der Waals surface area contributed by atoms with E-state index in [0.29, 0.717) is 17.5 Å². The van der Waals surface area contributed by atoms with Crippen LogP contribution in [-0.2, 0) is 5.41 Å². The Morgan fingerprint density at radius 1 is 0.254 bits per heavy atom. The first-order chi connectivity index (χ1) is 29.3. The minimum atomic E-state index is -0.425. The Labute approximate surface area is 343 Å². The molecule has 1 heterocycles. The van der Waals surface area contributed by atoms with Crippen molar-refractivity contribution in [2.45, 2.75) is 5.41 Å². The standard InChI is InChI=1S/C56H35N3/c1-2-15-39(16-3-1)53-57-54(40-32-28-37(29-33-40)43-22-12-17-36-14-4-5-18-42(36)43)59-55(58-53)41-34-30-38(31-35-41)44-23-13-24-48-47-21-8-11-27-51(47)56(52(44)48)49-25-9-6-19-45(49)46-20-7-10-26-50(46)56/h1-35H. The quantitative estimate of drug-likeness (QED) is 0.176. The van der Waals surface area contributed by atoms with Crippen molar-refractivity contribution in [3.8, 4) is 78.7 Å². The van der Waals surface area contributed by atoms with Crippen molar-refractivity contribution < 1.29 is 0 Å². The molecule has 0 amide bonds. The number of hydrogen-bond acceptors (Lipinski definition) is 3. The van der Waals surface area contributed by atoms with E-state index >= 15 is 0 Å². The summed E-state index contributed by atoms with van der Waals surface area (Å²) in [6.45, 7) is 0. The second-order valence-corrected chi connectivity index (χ2v) is 15.5. The van der Waals surface area contributed by atoms with Crippen LogP contribution < -0.4 is 0 Å². The molecule has 0 atom stereocenters. The van der Waals surface area contributed by atoms with Crippen molar-refractivity contribution in [3.63, 3.8) is 0 Å². The third kappa shape index (κ3) is 5.05. The summed E-state index contributed by atoms with van der Waals surface area (Å²) in [5, 5.41) is 2.46. The molecule has 0 fully saturated rings. The minimum absolute atomic E-state index is 0.425. The number of hydrogen-bond donors (Lipinski definition) is 0. The molecule has 0 saturated heterocycles. The van der Waals surface area contributed by atoms with E-state index in [9.17, 15) is 0 Å². The van der Waals surface area contributed by atoms with Crippen LogP contribution in [-0.4, -0.2) is 15.0 Å². The highest BCUT2D eigenvalue weighted by molar-refractivity contribution is 5.99. The van der Waals surface area contributed by atoms with Gasteiger partial charge in [-0.1, -0.05) is 212 Å². The van der Waals surface area contributed by atoms with Gasteiger partial charge in [-0.3, -0.25) is 0 Å². The summed E-state index contributed by atoms with van der Waals surface area (Å²) in [7, 11) is 0. The van der Waals surface area contributed by atoms with Crippen LogP contribution in [0.1, 0.15) is 22.3 Å². The topological polar surface area (TPSA) is 38.7 Å². The van der Waals surface area contributed by atoms with Crippen LogP contribution in [0.3, 0.4) is 0 Å². The lowest BCUT2D eigenvalue weighted by Crippen LogP contribution is -2.26. The van der Waals surface area contributed by atoms with Crippen LogP contribution in [0, 0.1) is 0 Å². The third-order valence-electron chi connectivity index (χ3n) is 12.4. The Hall–Kier alpha value is -7.75. The molecule has 10 aromatic rings. The van der Waals surface area contributed by atoms with Gasteiger partial charge in [0.2, 0.25) is 0 Å². The zero-order chi connectivity index (χ0) is 38.9. The SMILES string of the molecule is c1ccc(-c2nc(-c3ccc(-c4cccc5c4C4(c6ccccc6-c6ccccc64)c4ccccc4-5)cc3)nc(-c3ccc(-c4cccc5ccccc45)cc3)n2)cc1. The molecule has 3 nitrogen and oxygen atoms in total. The average molecular weight is 750 g/mol. The summed E-state index contributed by atoms with van der Waals surface area (Å²) in [5.74, 6) is 1.92. The van der Waals surface area contributed by atoms with E-state index < -0.39 is 5.41 Å². The molecule has 59 heavy (non-hydrogen) atoms. The van der Waals surface area contributed by atoms with Gasteiger partial charge >= 0.3 is 0 Å². The molecule has 1 spiro atoms. The normalized spacial score (nSPS) is 12.9. The molecule has 0 aliphatic heterocycles. The first-order valence-electron chi connectivity index (χ1n) is 20.2. The summed E-state index contributed by atoms with van der Waals surface area (Å²) in [6, 6.07) is 76.3. The fourth-order valence-corrected chi connectivity index (χ4v) is 9.82. The molecular formula is C56H35N3. The van der Waals surface area contributed by atoms with E-state index in [1.165, 1.54) is 66.4 Å². The molecule has 0 bridgehead atoms. The Kier molecular flexibility index (Phi) is 7.45. The lowest BCUT2D eigenvalue weighted by atomic mass is 9.68. The van der Waals surface area contributed by atoms with Gasteiger partial charge in [-0.15, -0.1) is 0 Å². The third-order valence-corrected chi connectivity index (χ3v) is 12.4.